The van der Waals surface area contributed by atoms with Gasteiger partial charge in [-0.1, -0.05) is 26.0 Å². The Morgan fingerprint density at radius 2 is 1.77 bits per heavy atom. The van der Waals surface area contributed by atoms with E-state index in [2.05, 4.69) is 101 Å². The smallest absolute Gasteiger partial charge is 0.399 e. The van der Waals surface area contributed by atoms with Gasteiger partial charge in [0, 0.05) is 75.2 Å². The molecule has 3 aliphatic rings. The first-order valence-electron chi connectivity index (χ1n) is 16.1. The molecule has 236 valence electrons. The zero-order valence-corrected chi connectivity index (χ0v) is 28.2. The zero-order valence-electron chi connectivity index (χ0n) is 28.2. The Labute approximate surface area is 259 Å². The van der Waals surface area contributed by atoms with Gasteiger partial charge in [-0.15, -0.1) is 0 Å². The van der Waals surface area contributed by atoms with E-state index in [1.807, 2.05) is 0 Å². The summed E-state index contributed by atoms with van der Waals surface area (Å²) < 4.78 is 21.3. The number of aliphatic hydroxyl groups is 1. The molecule has 0 bridgehead atoms. The van der Waals surface area contributed by atoms with E-state index in [0.717, 1.165) is 56.7 Å². The number of aliphatic hydroxyl groups excluding tert-OH is 1. The van der Waals surface area contributed by atoms with E-state index in [1.54, 1.807) is 7.11 Å². The summed E-state index contributed by atoms with van der Waals surface area (Å²) in [6, 6.07) is 6.88. The molecule has 0 aliphatic carbocycles. The van der Waals surface area contributed by atoms with E-state index in [4.69, 9.17) is 19.0 Å². The van der Waals surface area contributed by atoms with Crippen molar-refractivity contribution >= 4 is 35.3 Å². The van der Waals surface area contributed by atoms with Gasteiger partial charge in [-0.3, -0.25) is 9.89 Å². The number of methoxy groups -OCH3 is 1. The van der Waals surface area contributed by atoms with Crippen molar-refractivity contribution in [2.75, 3.05) is 46.9 Å². The van der Waals surface area contributed by atoms with Gasteiger partial charge in [0.15, 0.2) is 0 Å². The van der Waals surface area contributed by atoms with Crippen molar-refractivity contribution < 1.29 is 19.2 Å². The summed E-state index contributed by atoms with van der Waals surface area (Å²) in [7, 11) is 3.52. The minimum atomic E-state index is -0.439. The summed E-state index contributed by atoms with van der Waals surface area (Å²) in [5.74, 6) is 0. The molecule has 2 saturated heterocycles. The predicted molar refractivity (Wildman–Crippen MR) is 177 cm³/mol. The lowest BCUT2D eigenvalue weighted by molar-refractivity contribution is 0.00578. The molecule has 0 radical (unpaired) electrons. The van der Waals surface area contributed by atoms with Crippen LogP contribution >= 0.6 is 0 Å². The molecule has 0 saturated carbocycles. The van der Waals surface area contributed by atoms with Crippen LogP contribution < -0.4 is 5.46 Å². The van der Waals surface area contributed by atoms with Crippen molar-refractivity contribution in [1.82, 2.24) is 14.4 Å². The van der Waals surface area contributed by atoms with Crippen LogP contribution in [0.15, 0.2) is 28.9 Å². The molecule has 2 fully saturated rings. The monoisotopic (exact) mass is 592 g/mol. The summed E-state index contributed by atoms with van der Waals surface area (Å²) in [6.07, 6.45) is 3.62. The van der Waals surface area contributed by atoms with Crippen molar-refractivity contribution in [2.24, 2.45) is 10.4 Å². The summed E-state index contributed by atoms with van der Waals surface area (Å²) in [4.78, 5) is 10.1. The van der Waals surface area contributed by atoms with Crippen LogP contribution in [0.1, 0.15) is 73.1 Å². The number of ether oxygens (including phenoxy) is 1. The van der Waals surface area contributed by atoms with Gasteiger partial charge >= 0.3 is 7.12 Å². The van der Waals surface area contributed by atoms with Gasteiger partial charge in [0.2, 0.25) is 0 Å². The fourth-order valence-corrected chi connectivity index (χ4v) is 6.62. The maximum atomic E-state index is 10.4. The molecule has 8 nitrogen and oxygen atoms in total. The molecule has 2 aromatic rings. The number of aromatic nitrogens is 1. The number of aliphatic imine (C=N–C) groups is 1. The average molecular weight is 593 g/mol. The molecule has 43 heavy (non-hydrogen) atoms. The highest BCUT2D eigenvalue weighted by atomic mass is 16.7. The van der Waals surface area contributed by atoms with Crippen molar-refractivity contribution in [1.29, 1.82) is 0 Å². The standard InChI is InChI=1S/C34H53BN4O4/c1-11-39-29-13-12-24(35-42-33(5,6)34(7,8)43-35)18-26(29)28(20-32(3,4)22-40)31(39)27-19-25(21-36-30(27)23(2)41-10)38-16-14-37(9)15-17-38/h12-13,18,21,23,25,40H,11,14-17,19-20,22H2,1-10H3/t23-,25+/m0/s1. The minimum absolute atomic E-state index is 0.102. The van der Waals surface area contributed by atoms with E-state index in [9.17, 15) is 5.11 Å². The van der Waals surface area contributed by atoms with Crippen LogP contribution in [0.5, 0.6) is 0 Å². The molecule has 0 amide bonds. The quantitative estimate of drug-likeness (QED) is 0.437. The first-order chi connectivity index (χ1) is 20.2. The Morgan fingerprint density at radius 3 is 2.35 bits per heavy atom. The lowest BCUT2D eigenvalue weighted by atomic mass is 9.77. The van der Waals surface area contributed by atoms with Gasteiger partial charge in [0.25, 0.3) is 0 Å². The van der Waals surface area contributed by atoms with E-state index < -0.39 is 18.3 Å². The molecule has 1 aromatic heterocycles. The topological polar surface area (TPSA) is 71.7 Å². The maximum Gasteiger partial charge on any atom is 0.494 e. The second-order valence-corrected chi connectivity index (χ2v) is 14.6. The predicted octanol–water partition coefficient (Wildman–Crippen LogP) is 4.36. The van der Waals surface area contributed by atoms with Crippen molar-refractivity contribution in [3.05, 3.63) is 35.2 Å². The molecule has 1 N–H and O–H groups in total. The Balaban J connectivity index is 1.68. The summed E-state index contributed by atoms with van der Waals surface area (Å²) in [5, 5.41) is 11.6. The van der Waals surface area contributed by atoms with Crippen LogP contribution in [0.3, 0.4) is 0 Å². The van der Waals surface area contributed by atoms with Crippen molar-refractivity contribution in [3.8, 4) is 0 Å². The number of hydrogen-bond acceptors (Lipinski definition) is 7. The molecule has 5 rings (SSSR count). The molecule has 0 spiro atoms. The third kappa shape index (κ3) is 6.14. The lowest BCUT2D eigenvalue weighted by Gasteiger charge is -2.38. The summed E-state index contributed by atoms with van der Waals surface area (Å²) >= 11 is 0. The molecule has 9 heteroatoms. The number of piperazine rings is 1. The molecule has 3 aliphatic heterocycles. The molecule has 0 unspecified atom stereocenters. The Kier molecular flexibility index (Phi) is 9.09. The summed E-state index contributed by atoms with van der Waals surface area (Å²) in [5.41, 5.74) is 5.80. The fourth-order valence-electron chi connectivity index (χ4n) is 6.62. The minimum Gasteiger partial charge on any atom is -0.399 e. The fraction of sp³-hybridized carbons (Fsp3) is 0.676. The van der Waals surface area contributed by atoms with Gasteiger partial charge in [0.05, 0.1) is 28.7 Å². The Morgan fingerprint density at radius 1 is 1.12 bits per heavy atom. The van der Waals surface area contributed by atoms with Gasteiger partial charge in [-0.2, -0.15) is 0 Å². The van der Waals surface area contributed by atoms with Crippen LogP contribution in [0.4, 0.5) is 0 Å². The third-order valence-corrected chi connectivity index (χ3v) is 10.3. The number of aryl methyl sites for hydroxylation is 1. The van der Waals surface area contributed by atoms with E-state index in [-0.39, 0.29) is 24.2 Å². The maximum absolute atomic E-state index is 10.4. The van der Waals surface area contributed by atoms with Crippen LogP contribution in [-0.4, -0.2) is 103 Å². The number of fused-ring (bicyclic) bond motifs is 1. The molecular formula is C34H53BN4O4. The normalized spacial score (nSPS) is 24.0. The third-order valence-electron chi connectivity index (χ3n) is 10.3. The SMILES string of the molecule is CCn1c(C2=C([C@H](C)OC)N=C[C@H](N3CCN(C)CC3)C2)c(CC(C)(C)CO)c2cc(B3OC(C)(C)C(C)(C)O3)ccc21. The number of nitrogens with zero attached hydrogens (tertiary/aromatic N) is 4. The zero-order chi connectivity index (χ0) is 31.3. The number of benzene rings is 1. The van der Waals surface area contributed by atoms with Crippen LogP contribution in [-0.2, 0) is 27.0 Å². The average Bonchev–Trinajstić information content (AvgIpc) is 3.39. The van der Waals surface area contributed by atoms with Crippen LogP contribution in [0, 0.1) is 5.41 Å². The van der Waals surface area contributed by atoms with E-state index in [0.29, 0.717) is 0 Å². The second-order valence-electron chi connectivity index (χ2n) is 14.6. The molecule has 2 atom stereocenters. The van der Waals surface area contributed by atoms with Gasteiger partial charge in [0.1, 0.15) is 0 Å². The van der Waals surface area contributed by atoms with Gasteiger partial charge in [-0.25, -0.2) is 0 Å². The Hall–Kier alpha value is -2.01. The van der Waals surface area contributed by atoms with Crippen molar-refractivity contribution in [3.63, 3.8) is 0 Å². The molecular weight excluding hydrogens is 539 g/mol. The van der Waals surface area contributed by atoms with E-state index >= 15 is 0 Å². The van der Waals surface area contributed by atoms with Crippen LogP contribution in [0.2, 0.25) is 0 Å². The Bertz CT molecular complexity index is 1370. The lowest BCUT2D eigenvalue weighted by Crippen LogP contribution is -2.50. The first kappa shape index (κ1) is 32.4. The summed E-state index contributed by atoms with van der Waals surface area (Å²) in [6.45, 7) is 22.1. The van der Waals surface area contributed by atoms with Crippen molar-refractivity contribution in [2.45, 2.75) is 98.1 Å². The number of rotatable bonds is 9. The second kappa shape index (κ2) is 12.1. The highest BCUT2D eigenvalue weighted by molar-refractivity contribution is 6.62. The highest BCUT2D eigenvalue weighted by Crippen LogP contribution is 2.42. The first-order valence-corrected chi connectivity index (χ1v) is 16.1. The largest absolute Gasteiger partial charge is 0.494 e. The highest BCUT2D eigenvalue weighted by Gasteiger charge is 2.51. The molecule has 1 aromatic carbocycles. The van der Waals surface area contributed by atoms with Gasteiger partial charge < -0.3 is 28.6 Å². The molecule has 4 heterocycles. The number of hydrogen-bond donors (Lipinski definition) is 1. The number of likely N-dealkylation sites (N-methyl/N-ethyl adjacent to an activating group) is 1. The van der Waals surface area contributed by atoms with Crippen LogP contribution in [0.25, 0.3) is 16.5 Å². The van der Waals surface area contributed by atoms with E-state index in [1.165, 1.54) is 27.7 Å². The van der Waals surface area contributed by atoms with Gasteiger partial charge in [-0.05, 0) is 83.9 Å².